The molecular weight excluding hydrogens is 403 g/mol. The number of carbonyl (C=O) groups excluding carboxylic acids is 2. The van der Waals surface area contributed by atoms with Crippen LogP contribution in [0.2, 0.25) is 0 Å². The van der Waals surface area contributed by atoms with E-state index in [-0.39, 0.29) is 42.1 Å². The van der Waals surface area contributed by atoms with Gasteiger partial charge >= 0.3 is 5.97 Å². The Balaban J connectivity index is 1.34. The maximum Gasteiger partial charge on any atom is 0.337 e. The molecule has 1 heterocycles. The lowest BCUT2D eigenvalue weighted by Crippen LogP contribution is -2.42. The van der Waals surface area contributed by atoms with Crippen LogP contribution in [0, 0.1) is 11.7 Å². The van der Waals surface area contributed by atoms with Gasteiger partial charge in [-0.2, -0.15) is 0 Å². The Morgan fingerprint density at radius 2 is 1.90 bits per heavy atom. The van der Waals surface area contributed by atoms with Crippen LogP contribution in [-0.2, 0) is 25.6 Å². The van der Waals surface area contributed by atoms with E-state index in [2.05, 4.69) is 4.74 Å². The first-order valence-corrected chi connectivity index (χ1v) is 10.2. The van der Waals surface area contributed by atoms with E-state index in [4.69, 9.17) is 14.2 Å². The number of ether oxygens (including phenoxy) is 4. The molecule has 1 aliphatic carbocycles. The zero-order valence-corrected chi connectivity index (χ0v) is 17.1. The summed E-state index contributed by atoms with van der Waals surface area (Å²) >= 11 is 0. The number of benzene rings is 2. The van der Waals surface area contributed by atoms with Crippen molar-refractivity contribution in [2.24, 2.45) is 5.92 Å². The van der Waals surface area contributed by atoms with Crippen LogP contribution in [0.5, 0.6) is 5.75 Å². The molecule has 7 heteroatoms. The smallest absolute Gasteiger partial charge is 0.337 e. The maximum atomic E-state index is 13.8. The van der Waals surface area contributed by atoms with Crippen LogP contribution in [0.25, 0.3) is 0 Å². The second-order valence-electron chi connectivity index (χ2n) is 7.58. The minimum absolute atomic E-state index is 0.101. The van der Waals surface area contributed by atoms with Gasteiger partial charge in [-0.1, -0.05) is 18.2 Å². The van der Waals surface area contributed by atoms with Gasteiger partial charge in [-0.3, -0.25) is 4.79 Å². The Morgan fingerprint density at radius 3 is 2.65 bits per heavy atom. The molecule has 0 saturated heterocycles. The van der Waals surface area contributed by atoms with Gasteiger partial charge in [0.25, 0.3) is 0 Å². The summed E-state index contributed by atoms with van der Waals surface area (Å²) in [7, 11) is 1.31. The predicted octanol–water partition coefficient (Wildman–Crippen LogP) is 4.19. The van der Waals surface area contributed by atoms with Crippen LogP contribution < -0.4 is 4.74 Å². The van der Waals surface area contributed by atoms with Crippen molar-refractivity contribution in [2.45, 2.75) is 38.1 Å². The van der Waals surface area contributed by atoms with Crippen molar-refractivity contribution in [3.05, 3.63) is 77.5 Å². The molecule has 2 aromatic rings. The molecule has 0 N–H and O–H groups in total. The van der Waals surface area contributed by atoms with Gasteiger partial charge in [-0.25, -0.2) is 9.18 Å². The van der Waals surface area contributed by atoms with Crippen molar-refractivity contribution in [2.75, 3.05) is 7.11 Å². The number of fused-ring (bicyclic) bond motifs is 1. The first-order chi connectivity index (χ1) is 15.0. The van der Waals surface area contributed by atoms with E-state index in [0.717, 1.165) is 0 Å². The minimum atomic E-state index is -0.445. The number of rotatable bonds is 6. The fourth-order valence-corrected chi connectivity index (χ4v) is 3.89. The zero-order chi connectivity index (χ0) is 21.8. The Labute approximate surface area is 179 Å². The molecule has 0 radical (unpaired) electrons. The third-order valence-corrected chi connectivity index (χ3v) is 5.61. The average Bonchev–Trinajstić information content (AvgIpc) is 2.80. The Morgan fingerprint density at radius 1 is 1.13 bits per heavy atom. The summed E-state index contributed by atoms with van der Waals surface area (Å²) in [4.78, 5) is 24.4. The van der Waals surface area contributed by atoms with Gasteiger partial charge in [0.15, 0.2) is 0 Å². The largest absolute Gasteiger partial charge is 0.493 e. The molecule has 3 unspecified atom stereocenters. The molecule has 1 fully saturated rings. The van der Waals surface area contributed by atoms with Gasteiger partial charge in [0.1, 0.15) is 23.9 Å². The number of allylic oxidation sites excluding steroid dienone is 1. The second kappa shape index (κ2) is 9.31. The van der Waals surface area contributed by atoms with E-state index in [1.165, 1.54) is 19.4 Å². The second-order valence-corrected chi connectivity index (χ2v) is 7.58. The van der Waals surface area contributed by atoms with E-state index >= 15 is 0 Å². The highest BCUT2D eigenvalue weighted by Crippen LogP contribution is 2.35. The van der Waals surface area contributed by atoms with Crippen LogP contribution >= 0.6 is 0 Å². The molecule has 6 nitrogen and oxygen atoms in total. The molecule has 162 valence electrons. The van der Waals surface area contributed by atoms with Gasteiger partial charge in [0.2, 0.25) is 11.5 Å². The van der Waals surface area contributed by atoms with Gasteiger partial charge in [0.05, 0.1) is 31.3 Å². The quantitative estimate of drug-likeness (QED) is 0.646. The highest BCUT2D eigenvalue weighted by Gasteiger charge is 2.41. The molecule has 31 heavy (non-hydrogen) atoms. The summed E-state index contributed by atoms with van der Waals surface area (Å²) in [6.07, 6.45) is 2.80. The number of ketones is 1. The van der Waals surface area contributed by atoms with Crippen LogP contribution in [0.3, 0.4) is 0 Å². The lowest BCUT2D eigenvalue weighted by Gasteiger charge is -2.37. The van der Waals surface area contributed by atoms with Crippen LogP contribution in [-0.4, -0.2) is 31.1 Å². The summed E-state index contributed by atoms with van der Waals surface area (Å²) in [6, 6.07) is 12.9. The lowest BCUT2D eigenvalue weighted by atomic mass is 9.80. The van der Waals surface area contributed by atoms with Gasteiger partial charge in [-0.05, 0) is 43.2 Å². The number of methoxy groups -OCH3 is 1. The number of carbonyl (C=O) groups is 2. The lowest BCUT2D eigenvalue weighted by molar-refractivity contribution is -0.134. The Bertz CT molecular complexity index is 984. The SMILES string of the molecule is COC(=O)c1ccc(OC2=COC3CC(OCc4ccccc4F)CCC3C2=O)cc1. The minimum Gasteiger partial charge on any atom is -0.493 e. The normalized spacial score (nSPS) is 22.7. The van der Waals surface area contributed by atoms with E-state index < -0.39 is 5.97 Å². The summed E-state index contributed by atoms with van der Waals surface area (Å²) in [6.45, 7) is 0.189. The van der Waals surface area contributed by atoms with Crippen molar-refractivity contribution >= 4 is 11.8 Å². The van der Waals surface area contributed by atoms with Crippen LogP contribution in [0.15, 0.2) is 60.6 Å². The Kier molecular flexibility index (Phi) is 6.32. The molecule has 0 aromatic heterocycles. The number of halogens is 1. The number of hydrogen-bond donors (Lipinski definition) is 0. The van der Waals surface area contributed by atoms with Crippen LogP contribution in [0.4, 0.5) is 4.39 Å². The van der Waals surface area contributed by atoms with Gasteiger partial charge in [-0.15, -0.1) is 0 Å². The molecule has 0 bridgehead atoms. The van der Waals surface area contributed by atoms with E-state index in [0.29, 0.717) is 36.1 Å². The van der Waals surface area contributed by atoms with E-state index in [1.54, 1.807) is 42.5 Å². The summed E-state index contributed by atoms with van der Waals surface area (Å²) in [5.74, 6) is -0.582. The fraction of sp³-hybridized carbons (Fsp3) is 0.333. The molecule has 1 saturated carbocycles. The maximum absolute atomic E-state index is 13.8. The van der Waals surface area contributed by atoms with Gasteiger partial charge in [0, 0.05) is 12.0 Å². The molecule has 0 spiro atoms. The van der Waals surface area contributed by atoms with Gasteiger partial charge < -0.3 is 18.9 Å². The average molecular weight is 426 g/mol. The summed E-state index contributed by atoms with van der Waals surface area (Å²) in [5, 5.41) is 0. The third-order valence-electron chi connectivity index (χ3n) is 5.61. The van der Waals surface area contributed by atoms with E-state index in [9.17, 15) is 14.0 Å². The summed E-state index contributed by atoms with van der Waals surface area (Å²) in [5.41, 5.74) is 0.905. The van der Waals surface area contributed by atoms with Crippen molar-refractivity contribution in [3.63, 3.8) is 0 Å². The number of Topliss-reactive ketones (excluding diaryl/α,β-unsaturated/α-hetero) is 1. The predicted molar refractivity (Wildman–Crippen MR) is 109 cm³/mol. The topological polar surface area (TPSA) is 71.1 Å². The standard InChI is InChI=1S/C24H23FO6/c1-28-24(27)15-6-8-17(9-7-15)31-22-14-30-21-12-18(10-11-19(21)23(22)26)29-13-16-4-2-3-5-20(16)25/h2-9,14,18-19,21H,10-13H2,1H3. The highest BCUT2D eigenvalue weighted by molar-refractivity contribution is 5.96. The third kappa shape index (κ3) is 4.77. The molecule has 4 rings (SSSR count). The zero-order valence-electron chi connectivity index (χ0n) is 17.1. The van der Waals surface area contributed by atoms with Crippen molar-refractivity contribution < 1.29 is 32.9 Å². The highest BCUT2D eigenvalue weighted by atomic mass is 19.1. The Hall–Kier alpha value is -3.19. The van der Waals surface area contributed by atoms with E-state index in [1.807, 2.05) is 0 Å². The van der Waals surface area contributed by atoms with Crippen molar-refractivity contribution in [1.82, 2.24) is 0 Å². The monoisotopic (exact) mass is 426 g/mol. The molecular formula is C24H23FO6. The first-order valence-electron chi connectivity index (χ1n) is 10.2. The fourth-order valence-electron chi connectivity index (χ4n) is 3.89. The first kappa shape index (κ1) is 21.1. The van der Waals surface area contributed by atoms with Crippen molar-refractivity contribution in [3.8, 4) is 5.75 Å². The van der Waals surface area contributed by atoms with Crippen LogP contribution in [0.1, 0.15) is 35.2 Å². The molecule has 0 amide bonds. The molecule has 3 atom stereocenters. The molecule has 2 aromatic carbocycles. The van der Waals surface area contributed by atoms with Crippen molar-refractivity contribution in [1.29, 1.82) is 0 Å². The number of esters is 1. The molecule has 1 aliphatic heterocycles. The number of hydrogen-bond acceptors (Lipinski definition) is 6. The molecule has 2 aliphatic rings. The summed E-state index contributed by atoms with van der Waals surface area (Å²) < 4.78 is 35.8.